The van der Waals surface area contributed by atoms with Crippen LogP contribution in [-0.2, 0) is 0 Å². The summed E-state index contributed by atoms with van der Waals surface area (Å²) in [6, 6.07) is 70.8. The molecule has 3 aromatic heterocycles. The summed E-state index contributed by atoms with van der Waals surface area (Å²) in [5.41, 5.74) is 11.0. The third-order valence-electron chi connectivity index (χ3n) is 12.3. The molecule has 0 bridgehead atoms. The number of hydrogen-bond acceptors (Lipinski definition) is 4. The lowest BCUT2D eigenvalue weighted by Gasteiger charge is -2.25. The van der Waals surface area contributed by atoms with E-state index in [1.54, 1.807) is 0 Å². The predicted molar refractivity (Wildman–Crippen MR) is 252 cm³/mol. The number of furan rings is 1. The zero-order valence-electron chi connectivity index (χ0n) is 32.8. The number of hydrogen-bond donors (Lipinski definition) is 1. The summed E-state index contributed by atoms with van der Waals surface area (Å²) in [4.78, 5) is 10.9. The molecule has 1 N–H and O–H groups in total. The number of benzene rings is 9. The van der Waals surface area contributed by atoms with Crippen molar-refractivity contribution in [2.45, 2.75) is 6.17 Å². The summed E-state index contributed by atoms with van der Waals surface area (Å²) in [5, 5.41) is 13.0. The number of rotatable bonds is 5. The van der Waals surface area contributed by atoms with Crippen LogP contribution in [0.2, 0.25) is 0 Å². The van der Waals surface area contributed by atoms with Gasteiger partial charge in [-0.25, -0.2) is 9.98 Å². The maximum Gasteiger partial charge on any atom is 0.160 e. The van der Waals surface area contributed by atoms with Crippen LogP contribution in [0, 0.1) is 0 Å². The normalized spacial score (nSPS) is 14.4. The molecule has 13 rings (SSSR count). The van der Waals surface area contributed by atoms with Crippen LogP contribution in [0.4, 0.5) is 0 Å². The standard InChI is InChI=1S/C55H35N5O/c1-3-15-34(16-4-1)53-56-54(37-27-28-41-39-21-9-12-24-46(39)59(48(41)33-37)38-19-5-2-6-20-38)58-55(57-53)44-30-29-43-42-23-11-14-26-50(42)61-52(43)51(44)60-47-25-13-10-22-40(47)45-31-35-17-7-8-18-36(35)32-49(45)60/h1-33,53H,(H,56,57,58). The van der Waals surface area contributed by atoms with Crippen molar-refractivity contribution in [3.63, 3.8) is 0 Å². The molecular formula is C55H35N5O. The highest BCUT2D eigenvalue weighted by atomic mass is 16.3. The quantitative estimate of drug-likeness (QED) is 0.189. The molecule has 6 heteroatoms. The Kier molecular flexibility index (Phi) is 7.27. The molecule has 0 saturated carbocycles. The second-order valence-electron chi connectivity index (χ2n) is 15.8. The first-order valence-electron chi connectivity index (χ1n) is 20.7. The first-order valence-corrected chi connectivity index (χ1v) is 20.7. The maximum atomic E-state index is 6.94. The van der Waals surface area contributed by atoms with Crippen LogP contribution in [0.25, 0.3) is 87.7 Å². The number of fused-ring (bicyclic) bond motifs is 10. The third-order valence-corrected chi connectivity index (χ3v) is 12.3. The van der Waals surface area contributed by atoms with Crippen LogP contribution in [-0.4, -0.2) is 20.8 Å². The number of nitrogens with one attached hydrogen (secondary N) is 1. The highest BCUT2D eigenvalue weighted by Gasteiger charge is 2.28. The smallest absolute Gasteiger partial charge is 0.160 e. The molecule has 9 aromatic carbocycles. The Balaban J connectivity index is 1.10. The molecule has 0 fully saturated rings. The van der Waals surface area contributed by atoms with Gasteiger partial charge in [0.05, 0.1) is 22.1 Å². The Labute approximate surface area is 349 Å². The average Bonchev–Trinajstić information content (AvgIpc) is 3.98. The number of aromatic nitrogens is 2. The van der Waals surface area contributed by atoms with Crippen molar-refractivity contribution < 1.29 is 4.42 Å². The van der Waals surface area contributed by atoms with Gasteiger partial charge in [-0.05, 0) is 77.0 Å². The second-order valence-corrected chi connectivity index (χ2v) is 15.8. The van der Waals surface area contributed by atoms with Crippen LogP contribution in [0.5, 0.6) is 0 Å². The summed E-state index contributed by atoms with van der Waals surface area (Å²) >= 11 is 0. The van der Waals surface area contributed by atoms with E-state index < -0.39 is 6.17 Å². The van der Waals surface area contributed by atoms with Crippen molar-refractivity contribution in [2.75, 3.05) is 0 Å². The van der Waals surface area contributed by atoms with E-state index in [9.17, 15) is 0 Å². The van der Waals surface area contributed by atoms with Gasteiger partial charge in [0.15, 0.2) is 11.4 Å². The van der Waals surface area contributed by atoms with Crippen molar-refractivity contribution in [1.82, 2.24) is 14.5 Å². The molecule has 0 aliphatic carbocycles. The second kappa shape index (κ2) is 13.1. The Morgan fingerprint density at radius 3 is 1.87 bits per heavy atom. The molecule has 286 valence electrons. The molecular weight excluding hydrogens is 747 g/mol. The van der Waals surface area contributed by atoms with Crippen LogP contribution in [0.3, 0.4) is 0 Å². The van der Waals surface area contributed by atoms with E-state index in [0.29, 0.717) is 11.7 Å². The summed E-state index contributed by atoms with van der Waals surface area (Å²) in [5.74, 6) is 1.37. The Hall–Kier alpha value is -8.22. The van der Waals surface area contributed by atoms with Crippen molar-refractivity contribution in [2.24, 2.45) is 9.98 Å². The van der Waals surface area contributed by atoms with Gasteiger partial charge in [0, 0.05) is 49.1 Å². The fourth-order valence-electron chi connectivity index (χ4n) is 9.57. The minimum atomic E-state index is -0.402. The molecule has 0 saturated heterocycles. The van der Waals surface area contributed by atoms with E-state index in [2.05, 4.69) is 203 Å². The Bertz CT molecular complexity index is 3800. The molecule has 1 atom stereocenters. The molecule has 61 heavy (non-hydrogen) atoms. The van der Waals surface area contributed by atoms with Gasteiger partial charge in [-0.15, -0.1) is 0 Å². The van der Waals surface area contributed by atoms with Crippen LogP contribution < -0.4 is 5.32 Å². The fourth-order valence-corrected chi connectivity index (χ4v) is 9.57. The summed E-state index contributed by atoms with van der Waals surface area (Å²) in [6.45, 7) is 0. The van der Waals surface area contributed by atoms with E-state index in [-0.39, 0.29) is 0 Å². The van der Waals surface area contributed by atoms with Gasteiger partial charge in [-0.3, -0.25) is 0 Å². The SMILES string of the molecule is c1ccc(C2N=C(c3ccc4c5ccccc5n(-c5ccccc5)c4c3)N=C(c3ccc4c(oc5ccccc54)c3-n3c4ccccc4c4cc5ccccc5cc43)N2)cc1. The number of amidine groups is 2. The van der Waals surface area contributed by atoms with Crippen LogP contribution >= 0.6 is 0 Å². The maximum absolute atomic E-state index is 6.94. The Morgan fingerprint density at radius 2 is 1.07 bits per heavy atom. The van der Waals surface area contributed by atoms with Crippen LogP contribution in [0.15, 0.2) is 215 Å². The van der Waals surface area contributed by atoms with Crippen molar-refractivity contribution in [3.05, 3.63) is 217 Å². The number of aliphatic imine (C=N–C) groups is 2. The highest BCUT2D eigenvalue weighted by molar-refractivity contribution is 6.21. The molecule has 1 unspecified atom stereocenters. The Morgan fingerprint density at radius 1 is 0.459 bits per heavy atom. The van der Waals surface area contributed by atoms with Gasteiger partial charge in [0.25, 0.3) is 0 Å². The fraction of sp³-hybridized carbons (Fsp3) is 0.0182. The molecule has 0 radical (unpaired) electrons. The summed E-state index contributed by atoms with van der Waals surface area (Å²) in [6.07, 6.45) is -0.402. The van der Waals surface area contributed by atoms with Gasteiger partial charge in [0.2, 0.25) is 0 Å². The number of nitrogens with zero attached hydrogens (tertiary/aromatic N) is 4. The topological polar surface area (TPSA) is 59.8 Å². The monoisotopic (exact) mass is 781 g/mol. The molecule has 1 aliphatic rings. The molecule has 0 spiro atoms. The lowest BCUT2D eigenvalue weighted by molar-refractivity contribution is 0.664. The van der Waals surface area contributed by atoms with Crippen molar-refractivity contribution in [3.8, 4) is 11.4 Å². The van der Waals surface area contributed by atoms with Crippen LogP contribution in [0.1, 0.15) is 22.9 Å². The molecule has 4 heterocycles. The van der Waals surface area contributed by atoms with E-state index in [1.807, 2.05) is 12.1 Å². The van der Waals surface area contributed by atoms with Gasteiger partial charge in [-0.2, -0.15) is 0 Å². The lowest BCUT2D eigenvalue weighted by atomic mass is 10.0. The van der Waals surface area contributed by atoms with E-state index in [4.69, 9.17) is 14.4 Å². The van der Waals surface area contributed by atoms with E-state index >= 15 is 0 Å². The van der Waals surface area contributed by atoms with E-state index in [1.165, 1.54) is 32.3 Å². The summed E-state index contributed by atoms with van der Waals surface area (Å²) in [7, 11) is 0. The van der Waals surface area contributed by atoms with Gasteiger partial charge < -0.3 is 18.9 Å². The minimum absolute atomic E-state index is 0.402. The zero-order valence-corrected chi connectivity index (χ0v) is 32.8. The highest BCUT2D eigenvalue weighted by Crippen LogP contribution is 2.42. The minimum Gasteiger partial charge on any atom is -0.454 e. The molecule has 1 aliphatic heterocycles. The number of para-hydroxylation sites is 4. The predicted octanol–water partition coefficient (Wildman–Crippen LogP) is 13.4. The van der Waals surface area contributed by atoms with Crippen molar-refractivity contribution in [1.29, 1.82) is 0 Å². The van der Waals surface area contributed by atoms with Crippen molar-refractivity contribution >= 4 is 88.0 Å². The first kappa shape index (κ1) is 33.7. The largest absolute Gasteiger partial charge is 0.454 e. The first-order chi connectivity index (χ1) is 30.2. The average molecular weight is 782 g/mol. The van der Waals surface area contributed by atoms with E-state index in [0.717, 1.165) is 72.1 Å². The molecule has 12 aromatic rings. The van der Waals surface area contributed by atoms with Gasteiger partial charge >= 0.3 is 0 Å². The summed E-state index contributed by atoms with van der Waals surface area (Å²) < 4.78 is 11.7. The molecule has 0 amide bonds. The zero-order chi connectivity index (χ0) is 40.0. The van der Waals surface area contributed by atoms with Gasteiger partial charge in [0.1, 0.15) is 23.3 Å². The van der Waals surface area contributed by atoms with Gasteiger partial charge in [-0.1, -0.05) is 140 Å². The molecule has 6 nitrogen and oxygen atoms in total. The lowest BCUT2D eigenvalue weighted by Crippen LogP contribution is -2.34. The third kappa shape index (κ3) is 5.15.